The van der Waals surface area contributed by atoms with E-state index in [4.69, 9.17) is 23.2 Å². The first-order valence-electron chi connectivity index (χ1n) is 9.09. The Kier molecular flexibility index (Phi) is 6.75. The standard InChI is InChI=1S/C21H22Cl2N2O2/c22-16-8-6-15(18(23)13-16)7-11-20(26)25-19(21(27)24-17-9-10-17)12-14-4-2-1-3-5-14/h1-6,8,13,17,19H,7,9-12H2,(H,24,27)(H,25,26). The van der Waals surface area contributed by atoms with Crippen LogP contribution in [0.4, 0.5) is 0 Å². The summed E-state index contributed by atoms with van der Waals surface area (Å²) < 4.78 is 0. The molecule has 0 bridgehead atoms. The maximum Gasteiger partial charge on any atom is 0.243 e. The molecule has 142 valence electrons. The highest BCUT2D eigenvalue weighted by atomic mass is 35.5. The first-order valence-corrected chi connectivity index (χ1v) is 9.84. The van der Waals surface area contributed by atoms with Crippen molar-refractivity contribution >= 4 is 35.0 Å². The van der Waals surface area contributed by atoms with Crippen molar-refractivity contribution in [2.45, 2.75) is 44.2 Å². The third-order valence-corrected chi connectivity index (χ3v) is 5.08. The highest BCUT2D eigenvalue weighted by Crippen LogP contribution is 2.22. The van der Waals surface area contributed by atoms with Gasteiger partial charge in [0, 0.05) is 28.9 Å². The molecule has 3 rings (SSSR count). The minimum Gasteiger partial charge on any atom is -0.352 e. The Hall–Kier alpha value is -2.04. The van der Waals surface area contributed by atoms with Gasteiger partial charge in [0.25, 0.3) is 0 Å². The molecule has 2 aromatic carbocycles. The van der Waals surface area contributed by atoms with Crippen LogP contribution in [0.2, 0.25) is 10.0 Å². The van der Waals surface area contributed by atoms with Crippen LogP contribution in [0.25, 0.3) is 0 Å². The number of carbonyl (C=O) groups is 2. The van der Waals surface area contributed by atoms with E-state index < -0.39 is 6.04 Å². The second-order valence-electron chi connectivity index (χ2n) is 6.83. The lowest BCUT2D eigenvalue weighted by molar-refractivity contribution is -0.129. The van der Waals surface area contributed by atoms with Gasteiger partial charge in [-0.3, -0.25) is 9.59 Å². The zero-order chi connectivity index (χ0) is 19.2. The van der Waals surface area contributed by atoms with E-state index in [0.29, 0.717) is 22.9 Å². The average molecular weight is 405 g/mol. The molecule has 2 aromatic rings. The summed E-state index contributed by atoms with van der Waals surface area (Å²) in [6.07, 6.45) is 3.22. The van der Waals surface area contributed by atoms with Gasteiger partial charge in [-0.15, -0.1) is 0 Å². The molecule has 6 heteroatoms. The Morgan fingerprint density at radius 3 is 2.48 bits per heavy atom. The summed E-state index contributed by atoms with van der Waals surface area (Å²) in [4.78, 5) is 25.0. The molecule has 1 saturated carbocycles. The SMILES string of the molecule is O=C(CCc1ccc(Cl)cc1Cl)NC(Cc1ccccc1)C(=O)NC1CC1. The normalized spacial score (nSPS) is 14.4. The third kappa shape index (κ3) is 6.26. The van der Waals surface area contributed by atoms with Gasteiger partial charge in [-0.05, 0) is 42.5 Å². The van der Waals surface area contributed by atoms with Crippen LogP contribution in [0.1, 0.15) is 30.4 Å². The number of hydrogen-bond acceptors (Lipinski definition) is 2. The Morgan fingerprint density at radius 2 is 1.81 bits per heavy atom. The van der Waals surface area contributed by atoms with Crippen LogP contribution in [0.5, 0.6) is 0 Å². The minimum atomic E-state index is -0.582. The number of hydrogen-bond donors (Lipinski definition) is 2. The highest BCUT2D eigenvalue weighted by molar-refractivity contribution is 6.35. The zero-order valence-corrected chi connectivity index (χ0v) is 16.4. The number of carbonyl (C=O) groups excluding carboxylic acids is 2. The molecule has 1 aliphatic rings. The summed E-state index contributed by atoms with van der Waals surface area (Å²) >= 11 is 12.1. The molecular weight excluding hydrogens is 383 g/mol. The molecular formula is C21H22Cl2N2O2. The van der Waals surface area contributed by atoms with Crippen molar-refractivity contribution in [1.82, 2.24) is 10.6 Å². The van der Waals surface area contributed by atoms with Crippen molar-refractivity contribution in [1.29, 1.82) is 0 Å². The van der Waals surface area contributed by atoms with Crippen LogP contribution in [0.3, 0.4) is 0 Å². The van der Waals surface area contributed by atoms with Crippen molar-refractivity contribution in [3.8, 4) is 0 Å². The first kappa shape index (κ1) is 19.7. The lowest BCUT2D eigenvalue weighted by atomic mass is 10.0. The molecule has 27 heavy (non-hydrogen) atoms. The van der Waals surface area contributed by atoms with Crippen LogP contribution in [0, 0.1) is 0 Å². The predicted octanol–water partition coefficient (Wildman–Crippen LogP) is 3.93. The lowest BCUT2D eigenvalue weighted by Crippen LogP contribution is -2.48. The molecule has 0 radical (unpaired) electrons. The minimum absolute atomic E-state index is 0.126. The van der Waals surface area contributed by atoms with Crippen molar-refractivity contribution in [2.24, 2.45) is 0 Å². The van der Waals surface area contributed by atoms with E-state index in [1.165, 1.54) is 0 Å². The van der Waals surface area contributed by atoms with Crippen LogP contribution in [0.15, 0.2) is 48.5 Å². The Bertz CT molecular complexity index is 807. The van der Waals surface area contributed by atoms with Crippen molar-refractivity contribution in [3.63, 3.8) is 0 Å². The summed E-state index contributed by atoms with van der Waals surface area (Å²) in [7, 11) is 0. The molecule has 1 fully saturated rings. The molecule has 1 atom stereocenters. The number of benzene rings is 2. The number of aryl methyl sites for hydroxylation is 1. The van der Waals surface area contributed by atoms with Gasteiger partial charge >= 0.3 is 0 Å². The smallest absolute Gasteiger partial charge is 0.243 e. The topological polar surface area (TPSA) is 58.2 Å². The summed E-state index contributed by atoms with van der Waals surface area (Å²) in [6.45, 7) is 0. The second kappa shape index (κ2) is 9.25. The van der Waals surface area contributed by atoms with Gasteiger partial charge in [0.2, 0.25) is 11.8 Å². The van der Waals surface area contributed by atoms with Crippen LogP contribution < -0.4 is 10.6 Å². The van der Waals surface area contributed by atoms with Gasteiger partial charge in [0.05, 0.1) is 0 Å². The van der Waals surface area contributed by atoms with E-state index in [9.17, 15) is 9.59 Å². The van der Waals surface area contributed by atoms with Gasteiger partial charge in [-0.25, -0.2) is 0 Å². The monoisotopic (exact) mass is 404 g/mol. The molecule has 4 nitrogen and oxygen atoms in total. The number of amides is 2. The fraction of sp³-hybridized carbons (Fsp3) is 0.333. The summed E-state index contributed by atoms with van der Waals surface area (Å²) in [5, 5.41) is 6.97. The molecule has 0 aromatic heterocycles. The Morgan fingerprint density at radius 1 is 1.07 bits per heavy atom. The molecule has 2 amide bonds. The van der Waals surface area contributed by atoms with Crippen LogP contribution >= 0.6 is 23.2 Å². The fourth-order valence-electron chi connectivity index (χ4n) is 2.83. The average Bonchev–Trinajstić information content (AvgIpc) is 3.45. The van der Waals surface area contributed by atoms with Crippen LogP contribution in [-0.4, -0.2) is 23.9 Å². The molecule has 0 aliphatic heterocycles. The number of halogens is 2. The fourth-order valence-corrected chi connectivity index (χ4v) is 3.33. The van der Waals surface area contributed by atoms with E-state index >= 15 is 0 Å². The van der Waals surface area contributed by atoms with E-state index in [-0.39, 0.29) is 24.3 Å². The van der Waals surface area contributed by atoms with E-state index in [1.807, 2.05) is 36.4 Å². The second-order valence-corrected chi connectivity index (χ2v) is 7.67. The van der Waals surface area contributed by atoms with Crippen LogP contribution in [-0.2, 0) is 22.4 Å². The van der Waals surface area contributed by atoms with E-state index in [1.54, 1.807) is 12.1 Å². The molecule has 0 saturated heterocycles. The van der Waals surface area contributed by atoms with Crippen molar-refractivity contribution in [3.05, 3.63) is 69.7 Å². The van der Waals surface area contributed by atoms with Gasteiger partial charge in [0.15, 0.2) is 0 Å². The zero-order valence-electron chi connectivity index (χ0n) is 14.9. The van der Waals surface area contributed by atoms with Gasteiger partial charge in [-0.2, -0.15) is 0 Å². The predicted molar refractivity (Wildman–Crippen MR) is 108 cm³/mol. The maximum absolute atomic E-state index is 12.5. The molecule has 0 spiro atoms. The molecule has 2 N–H and O–H groups in total. The van der Waals surface area contributed by atoms with E-state index in [2.05, 4.69) is 10.6 Å². The number of rotatable bonds is 8. The quantitative estimate of drug-likeness (QED) is 0.699. The summed E-state index contributed by atoms with van der Waals surface area (Å²) in [6, 6.07) is 14.6. The van der Waals surface area contributed by atoms with Crippen molar-refractivity contribution in [2.75, 3.05) is 0 Å². The van der Waals surface area contributed by atoms with E-state index in [0.717, 1.165) is 24.0 Å². The molecule has 1 aliphatic carbocycles. The summed E-state index contributed by atoms with van der Waals surface area (Å²) in [5.74, 6) is -0.299. The maximum atomic E-state index is 12.5. The lowest BCUT2D eigenvalue weighted by Gasteiger charge is -2.19. The Labute approximate surface area is 169 Å². The molecule has 0 heterocycles. The molecule has 1 unspecified atom stereocenters. The third-order valence-electron chi connectivity index (χ3n) is 4.49. The Balaban J connectivity index is 1.59. The largest absolute Gasteiger partial charge is 0.352 e. The van der Waals surface area contributed by atoms with Gasteiger partial charge in [-0.1, -0.05) is 59.6 Å². The highest BCUT2D eigenvalue weighted by Gasteiger charge is 2.28. The van der Waals surface area contributed by atoms with Gasteiger partial charge in [0.1, 0.15) is 6.04 Å². The number of nitrogens with one attached hydrogen (secondary N) is 2. The summed E-state index contributed by atoms with van der Waals surface area (Å²) in [5.41, 5.74) is 1.87. The van der Waals surface area contributed by atoms with Crippen molar-refractivity contribution < 1.29 is 9.59 Å². The first-order chi connectivity index (χ1) is 13.0. The van der Waals surface area contributed by atoms with Gasteiger partial charge < -0.3 is 10.6 Å².